The molecule has 0 heterocycles. The Morgan fingerprint density at radius 3 is 1.94 bits per heavy atom. The van der Waals surface area contributed by atoms with Crippen LogP contribution in [-0.2, 0) is 14.4 Å². The fraction of sp³-hybridized carbons (Fsp3) is 0. The van der Waals surface area contributed by atoms with Crippen LogP contribution in [0.25, 0.3) is 5.57 Å². The number of carbonyl (C=O) groups is 3. The SMILES string of the molecule is O=C(O)C(=O)C=C(C(=O)O)c1ccc(Cl)cc1. The van der Waals surface area contributed by atoms with E-state index in [-0.39, 0.29) is 5.56 Å². The van der Waals surface area contributed by atoms with Gasteiger partial charge in [0, 0.05) is 11.1 Å². The summed E-state index contributed by atoms with van der Waals surface area (Å²) in [6.45, 7) is 0. The highest BCUT2D eigenvalue weighted by molar-refractivity contribution is 6.41. The first-order valence-electron chi connectivity index (χ1n) is 4.40. The summed E-state index contributed by atoms with van der Waals surface area (Å²) in [5, 5.41) is 17.7. The Kier molecular flexibility index (Phi) is 4.01. The van der Waals surface area contributed by atoms with Crippen LogP contribution in [-0.4, -0.2) is 27.9 Å². The Labute approximate surface area is 101 Å². The molecule has 0 fully saturated rings. The number of hydrogen-bond donors (Lipinski definition) is 2. The summed E-state index contributed by atoms with van der Waals surface area (Å²) in [6, 6.07) is 5.66. The van der Waals surface area contributed by atoms with Crippen molar-refractivity contribution in [3.8, 4) is 0 Å². The van der Waals surface area contributed by atoms with Crippen LogP contribution >= 0.6 is 11.6 Å². The molecule has 0 unspecified atom stereocenters. The number of benzene rings is 1. The number of aliphatic carboxylic acids is 2. The van der Waals surface area contributed by atoms with Gasteiger partial charge < -0.3 is 10.2 Å². The summed E-state index contributed by atoms with van der Waals surface area (Å²) in [4.78, 5) is 32.2. The molecule has 88 valence electrons. The number of carboxylic acids is 2. The first kappa shape index (κ1) is 12.9. The van der Waals surface area contributed by atoms with Gasteiger partial charge in [-0.3, -0.25) is 4.79 Å². The number of hydrogen-bond acceptors (Lipinski definition) is 3. The largest absolute Gasteiger partial charge is 0.478 e. The van der Waals surface area contributed by atoms with Gasteiger partial charge in [-0.1, -0.05) is 23.7 Å². The molecular formula is C11H7ClO5. The summed E-state index contributed by atoms with van der Waals surface area (Å²) < 4.78 is 0. The summed E-state index contributed by atoms with van der Waals surface area (Å²) in [5.41, 5.74) is -0.189. The molecule has 0 amide bonds. The Hall–Kier alpha value is -2.14. The molecule has 0 atom stereocenters. The van der Waals surface area contributed by atoms with Gasteiger partial charge in [0.2, 0.25) is 0 Å². The molecule has 0 aliphatic rings. The zero-order valence-electron chi connectivity index (χ0n) is 8.38. The number of carboxylic acid groups (broad SMARTS) is 2. The smallest absolute Gasteiger partial charge is 0.376 e. The standard InChI is InChI=1S/C11H7ClO5/c12-7-3-1-6(2-4-7)8(10(14)15)5-9(13)11(16)17/h1-5H,(H,14,15)(H,16,17). The first-order valence-corrected chi connectivity index (χ1v) is 4.78. The van der Waals surface area contributed by atoms with Gasteiger partial charge in [-0.25, -0.2) is 9.59 Å². The molecule has 1 aromatic carbocycles. The molecule has 1 aromatic rings. The van der Waals surface area contributed by atoms with Crippen LogP contribution in [0.2, 0.25) is 5.02 Å². The molecule has 17 heavy (non-hydrogen) atoms. The number of ketones is 1. The Morgan fingerprint density at radius 1 is 1.00 bits per heavy atom. The van der Waals surface area contributed by atoms with E-state index < -0.39 is 23.3 Å². The maximum absolute atomic E-state index is 10.9. The van der Waals surface area contributed by atoms with Gasteiger partial charge in [0.25, 0.3) is 5.78 Å². The summed E-state index contributed by atoms with van der Waals surface area (Å²) >= 11 is 5.62. The van der Waals surface area contributed by atoms with E-state index >= 15 is 0 Å². The molecule has 0 saturated heterocycles. The van der Waals surface area contributed by atoms with Crippen LogP contribution in [0.5, 0.6) is 0 Å². The summed E-state index contributed by atoms with van der Waals surface area (Å²) in [6.07, 6.45) is 0.563. The lowest BCUT2D eigenvalue weighted by molar-refractivity contribution is -0.146. The van der Waals surface area contributed by atoms with Crippen LogP contribution < -0.4 is 0 Å². The minimum absolute atomic E-state index is 0.205. The van der Waals surface area contributed by atoms with E-state index in [1.54, 1.807) is 0 Å². The maximum Gasteiger partial charge on any atom is 0.376 e. The second-order valence-corrected chi connectivity index (χ2v) is 3.48. The lowest BCUT2D eigenvalue weighted by Gasteiger charge is -2.01. The maximum atomic E-state index is 10.9. The summed E-state index contributed by atoms with van der Waals surface area (Å²) in [7, 11) is 0. The number of carbonyl (C=O) groups excluding carboxylic acids is 1. The Balaban J connectivity index is 3.19. The van der Waals surface area contributed by atoms with E-state index in [9.17, 15) is 14.4 Å². The van der Waals surface area contributed by atoms with Crippen LogP contribution in [0.4, 0.5) is 0 Å². The average molecular weight is 255 g/mol. The highest BCUT2D eigenvalue weighted by Crippen LogP contribution is 2.17. The van der Waals surface area contributed by atoms with Crippen LogP contribution in [0.1, 0.15) is 5.56 Å². The van der Waals surface area contributed by atoms with E-state index in [1.165, 1.54) is 24.3 Å². The highest BCUT2D eigenvalue weighted by Gasteiger charge is 2.16. The van der Waals surface area contributed by atoms with Gasteiger partial charge in [0.1, 0.15) is 0 Å². The molecule has 0 bridgehead atoms. The van der Waals surface area contributed by atoms with Crippen molar-refractivity contribution in [3.63, 3.8) is 0 Å². The first-order chi connectivity index (χ1) is 7.91. The van der Waals surface area contributed by atoms with Gasteiger partial charge in [-0.2, -0.15) is 0 Å². The normalized spacial score (nSPS) is 11.0. The van der Waals surface area contributed by atoms with E-state index in [0.717, 1.165) is 0 Å². The minimum Gasteiger partial charge on any atom is -0.478 e. The van der Waals surface area contributed by atoms with Crippen LogP contribution in [0.15, 0.2) is 30.3 Å². The fourth-order valence-electron chi connectivity index (χ4n) is 1.09. The van der Waals surface area contributed by atoms with E-state index in [2.05, 4.69) is 0 Å². The second kappa shape index (κ2) is 5.27. The molecule has 1 rings (SSSR count). The third kappa shape index (κ3) is 3.42. The quantitative estimate of drug-likeness (QED) is 0.627. The highest BCUT2D eigenvalue weighted by atomic mass is 35.5. The van der Waals surface area contributed by atoms with Crippen LogP contribution in [0, 0.1) is 0 Å². The molecule has 0 saturated carbocycles. The average Bonchev–Trinajstić information content (AvgIpc) is 2.26. The van der Waals surface area contributed by atoms with E-state index in [4.69, 9.17) is 21.8 Å². The third-order valence-corrected chi connectivity index (χ3v) is 2.12. The lowest BCUT2D eigenvalue weighted by atomic mass is 10.0. The Morgan fingerprint density at radius 2 is 1.53 bits per heavy atom. The molecule has 6 heteroatoms. The van der Waals surface area contributed by atoms with Crippen LogP contribution in [0.3, 0.4) is 0 Å². The van der Waals surface area contributed by atoms with Crippen molar-refractivity contribution in [1.29, 1.82) is 0 Å². The lowest BCUT2D eigenvalue weighted by Crippen LogP contribution is -2.12. The monoisotopic (exact) mass is 254 g/mol. The van der Waals surface area contributed by atoms with E-state index in [0.29, 0.717) is 11.1 Å². The topological polar surface area (TPSA) is 91.7 Å². The molecule has 2 N–H and O–H groups in total. The molecule has 0 aliphatic heterocycles. The third-order valence-electron chi connectivity index (χ3n) is 1.87. The zero-order chi connectivity index (χ0) is 13.0. The van der Waals surface area contributed by atoms with Crippen molar-refractivity contribution in [3.05, 3.63) is 40.9 Å². The molecule has 0 aliphatic carbocycles. The van der Waals surface area contributed by atoms with Gasteiger partial charge in [0.05, 0.1) is 5.57 Å². The van der Waals surface area contributed by atoms with E-state index in [1.807, 2.05) is 0 Å². The molecule has 0 radical (unpaired) electrons. The van der Waals surface area contributed by atoms with Gasteiger partial charge in [-0.05, 0) is 17.7 Å². The van der Waals surface area contributed by atoms with Crippen molar-refractivity contribution in [2.75, 3.05) is 0 Å². The zero-order valence-corrected chi connectivity index (χ0v) is 9.14. The van der Waals surface area contributed by atoms with Crippen molar-refractivity contribution in [2.45, 2.75) is 0 Å². The van der Waals surface area contributed by atoms with Crippen molar-refractivity contribution >= 4 is 34.9 Å². The molecule has 0 spiro atoms. The van der Waals surface area contributed by atoms with Gasteiger partial charge in [0.15, 0.2) is 0 Å². The number of rotatable bonds is 4. The number of halogens is 1. The molecule has 0 aromatic heterocycles. The van der Waals surface area contributed by atoms with Gasteiger partial charge in [-0.15, -0.1) is 0 Å². The van der Waals surface area contributed by atoms with Crippen molar-refractivity contribution in [1.82, 2.24) is 0 Å². The fourth-order valence-corrected chi connectivity index (χ4v) is 1.22. The predicted octanol–water partition coefficient (Wildman–Crippen LogP) is 1.46. The van der Waals surface area contributed by atoms with Crippen molar-refractivity contribution in [2.24, 2.45) is 0 Å². The van der Waals surface area contributed by atoms with Gasteiger partial charge >= 0.3 is 11.9 Å². The minimum atomic E-state index is -1.71. The van der Waals surface area contributed by atoms with Crippen molar-refractivity contribution < 1.29 is 24.6 Å². The Bertz CT molecular complexity index is 501. The summed E-state index contributed by atoms with van der Waals surface area (Å²) in [5.74, 6) is -4.39. The molecular weight excluding hydrogens is 248 g/mol. The second-order valence-electron chi connectivity index (χ2n) is 3.04. The molecule has 5 nitrogen and oxygen atoms in total. The predicted molar refractivity (Wildman–Crippen MR) is 59.7 cm³/mol.